The van der Waals surface area contributed by atoms with Crippen LogP contribution in [0.15, 0.2) is 36.5 Å². The molecule has 0 spiro atoms. The predicted molar refractivity (Wildman–Crippen MR) is 120 cm³/mol. The minimum atomic E-state index is -1.34. The summed E-state index contributed by atoms with van der Waals surface area (Å²) in [5.41, 5.74) is 0.0924. The van der Waals surface area contributed by atoms with E-state index in [2.05, 4.69) is 15.6 Å². The molecule has 2 aromatic rings. The standard InChI is InChI=1S/C23H26N4O7/c1-13(29)19(26-22(33)20-16-6-3-2-5-14(16)8-9-24-20)23(34)27-10-4-7-17(27)21(32)25-15(12-28)11-18(30)31/h2-3,5-6,8-9,12-13,15,17,19,29H,4,7,10-11H2,1H3,(H,25,32)(H,26,33)(H,30,31)/t13-,15?,17?,19?/m1/s1. The van der Waals surface area contributed by atoms with Gasteiger partial charge in [0.15, 0.2) is 0 Å². The van der Waals surface area contributed by atoms with Crippen LogP contribution in [0.2, 0.25) is 0 Å². The molecule has 0 bridgehead atoms. The number of nitrogens with zero attached hydrogens (tertiary/aromatic N) is 2. The number of hydrogen-bond donors (Lipinski definition) is 4. The van der Waals surface area contributed by atoms with Gasteiger partial charge in [0.25, 0.3) is 5.91 Å². The average Bonchev–Trinajstić information content (AvgIpc) is 3.30. The first-order valence-corrected chi connectivity index (χ1v) is 10.8. The summed E-state index contributed by atoms with van der Waals surface area (Å²) in [6.45, 7) is 1.55. The Morgan fingerprint density at radius 1 is 1.21 bits per heavy atom. The molecule has 3 rings (SSSR count). The number of hydrogen-bond acceptors (Lipinski definition) is 7. The number of rotatable bonds is 9. The van der Waals surface area contributed by atoms with Crippen LogP contribution >= 0.6 is 0 Å². The third kappa shape index (κ3) is 5.54. The molecule has 3 unspecified atom stereocenters. The molecule has 0 radical (unpaired) electrons. The minimum absolute atomic E-state index is 0.0924. The summed E-state index contributed by atoms with van der Waals surface area (Å²) >= 11 is 0. The van der Waals surface area contributed by atoms with E-state index in [1.54, 1.807) is 18.2 Å². The zero-order chi connectivity index (χ0) is 24.8. The van der Waals surface area contributed by atoms with Crippen molar-refractivity contribution in [3.8, 4) is 0 Å². The van der Waals surface area contributed by atoms with Crippen LogP contribution in [-0.4, -0.2) is 80.8 Å². The lowest BCUT2D eigenvalue weighted by atomic mass is 10.1. The van der Waals surface area contributed by atoms with Crippen molar-refractivity contribution in [1.29, 1.82) is 0 Å². The van der Waals surface area contributed by atoms with Gasteiger partial charge in [-0.15, -0.1) is 0 Å². The van der Waals surface area contributed by atoms with E-state index in [1.807, 2.05) is 12.1 Å². The van der Waals surface area contributed by atoms with E-state index in [-0.39, 0.29) is 12.2 Å². The zero-order valence-electron chi connectivity index (χ0n) is 18.5. The Kier molecular flexibility index (Phi) is 7.90. The third-order valence-electron chi connectivity index (χ3n) is 5.65. The van der Waals surface area contributed by atoms with E-state index in [4.69, 9.17) is 5.11 Å². The second-order valence-electron chi connectivity index (χ2n) is 8.11. The van der Waals surface area contributed by atoms with Crippen molar-refractivity contribution in [1.82, 2.24) is 20.5 Å². The van der Waals surface area contributed by atoms with Crippen LogP contribution in [-0.2, 0) is 19.2 Å². The monoisotopic (exact) mass is 470 g/mol. The molecule has 4 atom stereocenters. The maximum atomic E-state index is 13.3. The molecule has 34 heavy (non-hydrogen) atoms. The maximum Gasteiger partial charge on any atom is 0.305 e. The summed E-state index contributed by atoms with van der Waals surface area (Å²) in [4.78, 5) is 66.2. The lowest BCUT2D eigenvalue weighted by Gasteiger charge is -2.30. The molecule has 1 aromatic heterocycles. The number of amides is 3. The number of carbonyl (C=O) groups is 5. The molecule has 3 amide bonds. The van der Waals surface area contributed by atoms with Gasteiger partial charge in [-0.2, -0.15) is 0 Å². The first kappa shape index (κ1) is 24.8. The van der Waals surface area contributed by atoms with Crippen molar-refractivity contribution in [2.75, 3.05) is 6.54 Å². The van der Waals surface area contributed by atoms with Crippen molar-refractivity contribution >= 4 is 40.7 Å². The van der Waals surface area contributed by atoms with Gasteiger partial charge in [0.1, 0.15) is 24.1 Å². The summed E-state index contributed by atoms with van der Waals surface area (Å²) in [5, 5.41) is 25.4. The van der Waals surface area contributed by atoms with Gasteiger partial charge in [0.2, 0.25) is 11.8 Å². The van der Waals surface area contributed by atoms with Crippen molar-refractivity contribution in [3.63, 3.8) is 0 Å². The summed E-state index contributed by atoms with van der Waals surface area (Å²) in [7, 11) is 0. The van der Waals surface area contributed by atoms with Crippen molar-refractivity contribution < 1.29 is 34.2 Å². The lowest BCUT2D eigenvalue weighted by Crippen LogP contribution is -2.57. The van der Waals surface area contributed by atoms with Crippen molar-refractivity contribution in [2.24, 2.45) is 0 Å². The van der Waals surface area contributed by atoms with Crippen LogP contribution < -0.4 is 10.6 Å². The maximum absolute atomic E-state index is 13.3. The lowest BCUT2D eigenvalue weighted by molar-refractivity contribution is -0.143. The third-order valence-corrected chi connectivity index (χ3v) is 5.65. The Hall–Kier alpha value is -3.86. The Labute approximate surface area is 195 Å². The fourth-order valence-corrected chi connectivity index (χ4v) is 3.98. The average molecular weight is 470 g/mol. The van der Waals surface area contributed by atoms with Gasteiger partial charge >= 0.3 is 5.97 Å². The molecular weight excluding hydrogens is 444 g/mol. The summed E-state index contributed by atoms with van der Waals surface area (Å²) in [5.74, 6) is -3.24. The largest absolute Gasteiger partial charge is 0.481 e. The SMILES string of the molecule is C[C@@H](O)C(NC(=O)c1nccc2ccccc12)C(=O)N1CCCC1C(=O)NC(C=O)CC(=O)O. The van der Waals surface area contributed by atoms with E-state index in [0.29, 0.717) is 24.5 Å². The number of carboxylic acids is 1. The van der Waals surface area contributed by atoms with Gasteiger partial charge in [-0.3, -0.25) is 24.2 Å². The summed E-state index contributed by atoms with van der Waals surface area (Å²) in [6.07, 6.45) is 0.716. The quantitative estimate of drug-likeness (QED) is 0.368. The molecular formula is C23H26N4O7. The molecule has 2 heterocycles. The van der Waals surface area contributed by atoms with Crippen molar-refractivity contribution in [2.45, 2.75) is 50.4 Å². The van der Waals surface area contributed by atoms with Crippen LogP contribution in [0.3, 0.4) is 0 Å². The highest BCUT2D eigenvalue weighted by Crippen LogP contribution is 2.21. The van der Waals surface area contributed by atoms with Crippen LogP contribution in [0.25, 0.3) is 10.8 Å². The van der Waals surface area contributed by atoms with Gasteiger partial charge in [-0.1, -0.05) is 24.3 Å². The number of aliphatic hydroxyl groups excluding tert-OH is 1. The van der Waals surface area contributed by atoms with Crippen LogP contribution in [0.4, 0.5) is 0 Å². The number of benzene rings is 1. The predicted octanol–water partition coefficient (Wildman–Crippen LogP) is -0.137. The molecule has 1 aromatic carbocycles. The van der Waals surface area contributed by atoms with Crippen molar-refractivity contribution in [3.05, 3.63) is 42.2 Å². The molecule has 4 N–H and O–H groups in total. The Morgan fingerprint density at radius 2 is 1.94 bits per heavy atom. The van der Waals surface area contributed by atoms with Gasteiger partial charge < -0.3 is 30.5 Å². The number of nitrogens with one attached hydrogen (secondary N) is 2. The highest BCUT2D eigenvalue weighted by Gasteiger charge is 2.40. The molecule has 0 aliphatic carbocycles. The summed E-state index contributed by atoms with van der Waals surface area (Å²) in [6, 6.07) is 5.31. The van der Waals surface area contributed by atoms with E-state index in [9.17, 15) is 29.1 Å². The second kappa shape index (κ2) is 10.8. The molecule has 1 aliphatic rings. The Morgan fingerprint density at radius 3 is 2.62 bits per heavy atom. The Balaban J connectivity index is 1.76. The van der Waals surface area contributed by atoms with Gasteiger partial charge in [0, 0.05) is 18.1 Å². The summed E-state index contributed by atoms with van der Waals surface area (Å²) < 4.78 is 0. The van der Waals surface area contributed by atoms with E-state index in [1.165, 1.54) is 18.0 Å². The molecule has 1 aliphatic heterocycles. The smallest absolute Gasteiger partial charge is 0.305 e. The van der Waals surface area contributed by atoms with Gasteiger partial charge in [0.05, 0.1) is 18.6 Å². The molecule has 180 valence electrons. The zero-order valence-corrected chi connectivity index (χ0v) is 18.5. The number of fused-ring (bicyclic) bond motifs is 1. The number of aliphatic hydroxyl groups is 1. The number of aliphatic carboxylic acids is 1. The molecule has 0 saturated carbocycles. The molecule has 11 heteroatoms. The number of carboxylic acid groups (broad SMARTS) is 1. The number of aromatic nitrogens is 1. The highest BCUT2D eigenvalue weighted by molar-refractivity contribution is 6.06. The number of likely N-dealkylation sites (tertiary alicyclic amines) is 1. The van der Waals surface area contributed by atoms with Gasteiger partial charge in [-0.05, 0) is 31.2 Å². The first-order chi connectivity index (χ1) is 16.2. The number of aldehydes is 1. The van der Waals surface area contributed by atoms with Crippen LogP contribution in [0.5, 0.6) is 0 Å². The minimum Gasteiger partial charge on any atom is -0.481 e. The molecule has 1 fully saturated rings. The van der Waals surface area contributed by atoms with E-state index < -0.39 is 54.3 Å². The molecule has 11 nitrogen and oxygen atoms in total. The van der Waals surface area contributed by atoms with Crippen LogP contribution in [0, 0.1) is 0 Å². The topological polar surface area (TPSA) is 166 Å². The number of pyridine rings is 1. The van der Waals surface area contributed by atoms with Crippen LogP contribution in [0.1, 0.15) is 36.7 Å². The fourth-order valence-electron chi connectivity index (χ4n) is 3.98. The van der Waals surface area contributed by atoms with E-state index in [0.717, 1.165) is 5.39 Å². The first-order valence-electron chi connectivity index (χ1n) is 10.8. The van der Waals surface area contributed by atoms with E-state index >= 15 is 0 Å². The normalized spacial score (nSPS) is 18.1. The second-order valence-corrected chi connectivity index (χ2v) is 8.11. The molecule has 1 saturated heterocycles. The fraction of sp³-hybridized carbons (Fsp3) is 0.391. The highest BCUT2D eigenvalue weighted by atomic mass is 16.4. The van der Waals surface area contributed by atoms with Gasteiger partial charge in [-0.25, -0.2) is 0 Å². The Bertz CT molecular complexity index is 1100. The number of carbonyl (C=O) groups excluding carboxylic acids is 4.